The molecule has 0 aliphatic carbocycles. The highest BCUT2D eigenvalue weighted by Gasteiger charge is 2.22. The third-order valence-electron chi connectivity index (χ3n) is 12.0. The van der Waals surface area contributed by atoms with Crippen molar-refractivity contribution in [2.24, 2.45) is 5.73 Å². The molecule has 2 fully saturated rings. The molecule has 2 aliphatic heterocycles. The van der Waals surface area contributed by atoms with Gasteiger partial charge in [-0.15, -0.1) is 0 Å². The van der Waals surface area contributed by atoms with Crippen LogP contribution in [0, 0.1) is 3.70 Å². The van der Waals surface area contributed by atoms with Crippen molar-refractivity contribution >= 4 is 62.4 Å². The number of halogens is 1. The quantitative estimate of drug-likeness (QED) is 0.0768. The average Bonchev–Trinajstić information content (AvgIpc) is 3.95. The van der Waals surface area contributed by atoms with Crippen LogP contribution in [0.15, 0.2) is 122 Å². The maximum Gasteiger partial charge on any atom is 0.337 e. The van der Waals surface area contributed by atoms with E-state index in [9.17, 15) is 9.59 Å². The Morgan fingerprint density at radius 3 is 1.45 bits per heavy atom. The van der Waals surface area contributed by atoms with Gasteiger partial charge in [-0.05, 0) is 132 Å². The molecular formula is C54H57IN8O10. The second-order valence-electron chi connectivity index (χ2n) is 16.9. The van der Waals surface area contributed by atoms with Crippen LogP contribution in [0.1, 0.15) is 57.5 Å². The molecule has 6 heterocycles. The number of anilines is 1. The molecule has 2 saturated heterocycles. The number of rotatable bonds is 14. The van der Waals surface area contributed by atoms with Crippen molar-refractivity contribution in [2.75, 3.05) is 60.2 Å². The number of methoxy groups -OCH3 is 4. The highest BCUT2D eigenvalue weighted by atomic mass is 127. The fourth-order valence-electron chi connectivity index (χ4n) is 7.95. The van der Waals surface area contributed by atoms with Gasteiger partial charge >= 0.3 is 11.9 Å². The number of ether oxygens (including phenoxy) is 8. The molecule has 0 saturated carbocycles. The minimum Gasteiger partial charge on any atom is -0.497 e. The van der Waals surface area contributed by atoms with Crippen molar-refractivity contribution in [3.63, 3.8) is 0 Å². The Hall–Kier alpha value is -7.33. The van der Waals surface area contributed by atoms with Crippen molar-refractivity contribution in [1.29, 1.82) is 0 Å². The Morgan fingerprint density at radius 2 is 1.01 bits per heavy atom. The van der Waals surface area contributed by atoms with E-state index in [0.717, 1.165) is 101 Å². The number of fused-ring (bicyclic) bond motifs is 2. The van der Waals surface area contributed by atoms with E-state index in [0.29, 0.717) is 58.9 Å². The number of esters is 2. The Kier molecular flexibility index (Phi) is 18.1. The zero-order valence-electron chi connectivity index (χ0n) is 41.0. The Bertz CT molecular complexity index is 3070. The summed E-state index contributed by atoms with van der Waals surface area (Å²) in [4.78, 5) is 32.5. The molecule has 0 unspecified atom stereocenters. The number of carbonyl (C=O) groups excluding carboxylic acids is 2. The number of benzene rings is 4. The number of carbonyl (C=O) groups is 2. The van der Waals surface area contributed by atoms with Gasteiger partial charge in [0, 0.05) is 63.0 Å². The number of hydrogen-bond acceptors (Lipinski definition) is 16. The van der Waals surface area contributed by atoms with Gasteiger partial charge in [0.2, 0.25) is 0 Å². The monoisotopic (exact) mass is 1100 g/mol. The molecule has 2 aliphatic rings. The van der Waals surface area contributed by atoms with Crippen molar-refractivity contribution in [3.05, 3.63) is 148 Å². The summed E-state index contributed by atoms with van der Waals surface area (Å²) in [5, 5.41) is 14.8. The first-order chi connectivity index (χ1) is 35.6. The molecule has 18 nitrogen and oxygen atoms in total. The Labute approximate surface area is 436 Å². The van der Waals surface area contributed by atoms with E-state index in [4.69, 9.17) is 48.7 Å². The second-order valence-corrected chi connectivity index (χ2v) is 17.9. The lowest BCUT2D eigenvalue weighted by Crippen LogP contribution is -2.28. The van der Waals surface area contributed by atoms with Crippen molar-refractivity contribution in [2.45, 2.75) is 50.9 Å². The number of pyridine rings is 2. The standard InChI is InChI=1S/C27H28N4O5.C22H18IN3O4.C5H11NO/c1-33-21-7-3-18(4-8-21)17-31-26-24(25(30-31)29-20-12-15-35-16-13-20)23(11-14-28-26)36-22-9-5-19(6-10-22)27(32)34-2;1-28-16-7-3-14(4-8-16)13-26-21-19(20(23)25-26)18(11-12-24-21)30-17-9-5-15(6-10-17)22(27)29-2;6-5-1-3-7-4-2-5/h3-11,14,20H,12-13,15-17H2,1-2H3,(H,29,30);3-12H,13H2,1-2H3;5H,1-4,6H2. The molecule has 0 amide bonds. The number of nitrogens with zero attached hydrogens (tertiary/aromatic N) is 6. The topological polar surface area (TPSA) is 207 Å². The largest absolute Gasteiger partial charge is 0.497 e. The molecule has 0 radical (unpaired) electrons. The van der Waals surface area contributed by atoms with Crippen LogP contribution < -0.4 is 30.0 Å². The summed E-state index contributed by atoms with van der Waals surface area (Å²) >= 11 is 2.19. The third-order valence-corrected chi connectivity index (χ3v) is 12.7. The predicted octanol–water partition coefficient (Wildman–Crippen LogP) is 9.45. The Morgan fingerprint density at radius 1 is 0.589 bits per heavy atom. The summed E-state index contributed by atoms with van der Waals surface area (Å²) in [6.07, 6.45) is 7.30. The van der Waals surface area contributed by atoms with Crippen LogP contribution in [0.3, 0.4) is 0 Å². The molecular weight excluding hydrogens is 1050 g/mol. The van der Waals surface area contributed by atoms with E-state index in [-0.39, 0.29) is 12.0 Å². The molecule has 4 aromatic heterocycles. The minimum atomic E-state index is -0.393. The highest BCUT2D eigenvalue weighted by Crippen LogP contribution is 2.36. The van der Waals surface area contributed by atoms with E-state index in [1.807, 2.05) is 64.0 Å². The molecule has 19 heteroatoms. The van der Waals surface area contributed by atoms with Crippen LogP contribution in [-0.4, -0.2) is 108 Å². The van der Waals surface area contributed by atoms with Gasteiger partial charge in [-0.3, -0.25) is 0 Å². The average molecular weight is 1100 g/mol. The summed E-state index contributed by atoms with van der Waals surface area (Å²) in [5.74, 6) is 4.03. The smallest absolute Gasteiger partial charge is 0.337 e. The molecule has 8 aromatic rings. The van der Waals surface area contributed by atoms with Crippen LogP contribution in [0.2, 0.25) is 0 Å². The van der Waals surface area contributed by atoms with Crippen LogP contribution in [-0.2, 0) is 32.0 Å². The lowest BCUT2D eigenvalue weighted by atomic mass is 10.1. The first-order valence-corrected chi connectivity index (χ1v) is 24.7. The van der Waals surface area contributed by atoms with Crippen LogP contribution in [0.25, 0.3) is 22.1 Å². The zero-order valence-corrected chi connectivity index (χ0v) is 43.2. The molecule has 10 rings (SSSR count). The van der Waals surface area contributed by atoms with E-state index in [1.165, 1.54) is 14.2 Å². The molecule has 0 bridgehead atoms. The normalized spacial score (nSPS) is 13.7. The lowest BCUT2D eigenvalue weighted by molar-refractivity contribution is 0.0592. The number of hydrogen-bond donors (Lipinski definition) is 2. The zero-order chi connectivity index (χ0) is 51.1. The predicted molar refractivity (Wildman–Crippen MR) is 283 cm³/mol. The third kappa shape index (κ3) is 13.6. The number of nitrogens with one attached hydrogen (secondary N) is 1. The van der Waals surface area contributed by atoms with E-state index >= 15 is 0 Å². The molecule has 3 N–H and O–H groups in total. The van der Waals surface area contributed by atoms with Gasteiger partial charge in [-0.1, -0.05) is 24.3 Å². The summed E-state index contributed by atoms with van der Waals surface area (Å²) in [5.41, 5.74) is 10.1. The van der Waals surface area contributed by atoms with E-state index < -0.39 is 5.97 Å². The molecule has 380 valence electrons. The van der Waals surface area contributed by atoms with Crippen LogP contribution in [0.4, 0.5) is 5.82 Å². The number of aromatic nitrogens is 6. The van der Waals surface area contributed by atoms with Crippen LogP contribution in [0.5, 0.6) is 34.5 Å². The van der Waals surface area contributed by atoms with Gasteiger partial charge in [0.1, 0.15) is 43.6 Å². The van der Waals surface area contributed by atoms with Gasteiger partial charge in [0.25, 0.3) is 0 Å². The summed E-state index contributed by atoms with van der Waals surface area (Å²) < 4.78 is 47.4. The van der Waals surface area contributed by atoms with Gasteiger partial charge in [-0.2, -0.15) is 10.2 Å². The SMILES string of the molecule is COC(=O)c1ccc(Oc2ccnc3c2c(I)nn3Cc2ccc(OC)cc2)cc1.COC(=O)c1ccc(Oc2ccnc3c2c(NC2CCOCC2)nn3Cc2ccc(OC)cc2)cc1.NC1CCOCC1. The molecule has 4 aromatic carbocycles. The van der Waals surface area contributed by atoms with Gasteiger partial charge in [0.15, 0.2) is 17.1 Å². The lowest BCUT2D eigenvalue weighted by Gasteiger charge is -2.23. The van der Waals surface area contributed by atoms with Crippen LogP contribution >= 0.6 is 22.6 Å². The fraction of sp³-hybridized carbons (Fsp3) is 0.296. The van der Waals surface area contributed by atoms with Crippen molar-refractivity contribution in [1.82, 2.24) is 29.5 Å². The Balaban J connectivity index is 0.000000174. The first kappa shape index (κ1) is 52.0. The highest BCUT2D eigenvalue weighted by molar-refractivity contribution is 14.1. The van der Waals surface area contributed by atoms with E-state index in [1.54, 1.807) is 81.2 Å². The summed E-state index contributed by atoms with van der Waals surface area (Å²) in [7, 11) is 6.01. The molecule has 0 spiro atoms. The van der Waals surface area contributed by atoms with Gasteiger partial charge < -0.3 is 48.9 Å². The maximum atomic E-state index is 11.8. The van der Waals surface area contributed by atoms with Gasteiger partial charge in [-0.25, -0.2) is 28.9 Å². The van der Waals surface area contributed by atoms with E-state index in [2.05, 4.69) is 43.0 Å². The van der Waals surface area contributed by atoms with Crippen molar-refractivity contribution in [3.8, 4) is 34.5 Å². The van der Waals surface area contributed by atoms with Gasteiger partial charge in [0.05, 0.1) is 58.0 Å². The fourth-order valence-corrected chi connectivity index (χ4v) is 8.72. The molecule has 73 heavy (non-hydrogen) atoms. The first-order valence-electron chi connectivity index (χ1n) is 23.7. The minimum absolute atomic E-state index is 0.249. The maximum absolute atomic E-state index is 11.8. The molecule has 0 atom stereocenters. The second kappa shape index (κ2) is 25.4. The number of nitrogens with two attached hydrogens (primary N) is 1. The summed E-state index contributed by atoms with van der Waals surface area (Å²) in [6.45, 7) is 4.28. The summed E-state index contributed by atoms with van der Waals surface area (Å²) in [6, 6.07) is 33.7. The van der Waals surface area contributed by atoms with Crippen molar-refractivity contribution < 1.29 is 47.5 Å².